The van der Waals surface area contributed by atoms with E-state index in [1.165, 1.54) is 11.8 Å². The summed E-state index contributed by atoms with van der Waals surface area (Å²) in [6, 6.07) is 16.9. The first-order valence-electron chi connectivity index (χ1n) is 10.2. The molecule has 0 unspecified atom stereocenters. The molecule has 2 aromatic carbocycles. The molecule has 4 rings (SSSR count). The van der Waals surface area contributed by atoms with Crippen LogP contribution in [0.5, 0.6) is 0 Å². The highest BCUT2D eigenvalue weighted by Gasteiger charge is 2.38. The Labute approximate surface area is 189 Å². The number of carbonyl (C=O) groups is 1. The maximum Gasteiger partial charge on any atom is 0.338 e. The predicted octanol–water partition coefficient (Wildman–Crippen LogP) is 4.42. The average Bonchev–Trinajstić information content (AvgIpc) is 3.19. The van der Waals surface area contributed by atoms with Gasteiger partial charge in [0.15, 0.2) is 5.16 Å². The molecule has 1 aliphatic rings. The van der Waals surface area contributed by atoms with Crippen LogP contribution in [0.3, 0.4) is 0 Å². The zero-order chi connectivity index (χ0) is 22.7. The van der Waals surface area contributed by atoms with Crippen LogP contribution in [-0.4, -0.2) is 40.7 Å². The number of aryl methyl sites for hydroxylation is 1. The van der Waals surface area contributed by atoms with Crippen molar-refractivity contribution in [2.24, 2.45) is 0 Å². The highest BCUT2D eigenvalue weighted by Crippen LogP contribution is 2.33. The molecule has 0 radical (unpaired) electrons. The highest BCUT2D eigenvalue weighted by molar-refractivity contribution is 7.98. The number of nitrogens with zero attached hydrogens (tertiary/aromatic N) is 2. The number of alkyl halides is 1. The minimum absolute atomic E-state index is 0.0888. The Morgan fingerprint density at radius 1 is 1.19 bits per heavy atom. The SMILES string of the molecule is CSc1nc(=O)c(C)cn1[C@H]1C[C@H](F)[C@@H](COC(=O)c2ccc(-c3ccccc3)cc2)O1. The molecule has 0 amide bonds. The summed E-state index contributed by atoms with van der Waals surface area (Å²) in [5, 5.41) is 0.453. The largest absolute Gasteiger partial charge is 0.459 e. The number of hydrogen-bond donors (Lipinski definition) is 0. The quantitative estimate of drug-likeness (QED) is 0.312. The molecular weight excluding hydrogens is 431 g/mol. The van der Waals surface area contributed by atoms with Gasteiger partial charge >= 0.3 is 5.97 Å². The van der Waals surface area contributed by atoms with Crippen molar-refractivity contribution in [3.05, 3.63) is 82.3 Å². The third-order valence-corrected chi connectivity index (χ3v) is 6.02. The Morgan fingerprint density at radius 2 is 1.88 bits per heavy atom. The summed E-state index contributed by atoms with van der Waals surface area (Å²) in [6.07, 6.45) is 0.697. The molecule has 2 heterocycles. The first kappa shape index (κ1) is 22.2. The lowest BCUT2D eigenvalue weighted by Crippen LogP contribution is -2.26. The number of esters is 1. The lowest BCUT2D eigenvalue weighted by atomic mass is 10.0. The van der Waals surface area contributed by atoms with Crippen LogP contribution in [0.15, 0.2) is 70.7 Å². The minimum atomic E-state index is -1.30. The van der Waals surface area contributed by atoms with Crippen LogP contribution in [0.1, 0.15) is 28.6 Å². The van der Waals surface area contributed by atoms with E-state index < -0.39 is 24.5 Å². The number of hydrogen-bond acceptors (Lipinski definition) is 6. The van der Waals surface area contributed by atoms with Gasteiger partial charge in [0.1, 0.15) is 25.1 Å². The summed E-state index contributed by atoms with van der Waals surface area (Å²) >= 11 is 1.29. The molecule has 0 saturated carbocycles. The molecule has 1 aromatic heterocycles. The van der Waals surface area contributed by atoms with Crippen molar-refractivity contribution >= 4 is 17.7 Å². The van der Waals surface area contributed by atoms with E-state index in [4.69, 9.17) is 9.47 Å². The maximum atomic E-state index is 14.6. The lowest BCUT2D eigenvalue weighted by Gasteiger charge is -2.19. The molecule has 1 aliphatic heterocycles. The first-order valence-corrected chi connectivity index (χ1v) is 11.4. The molecule has 166 valence electrons. The van der Waals surface area contributed by atoms with Crippen molar-refractivity contribution < 1.29 is 18.7 Å². The molecule has 32 heavy (non-hydrogen) atoms. The molecule has 1 fully saturated rings. The standard InChI is InChI=1S/C24H23FN2O4S/c1-15-13-27(24(32-2)26-22(15)28)21-12-19(25)20(31-21)14-30-23(29)18-10-8-17(9-11-18)16-6-4-3-5-7-16/h3-11,13,19-21H,12,14H2,1-2H3/t19-,20+,21+/m0/s1. The van der Waals surface area contributed by atoms with Crippen molar-refractivity contribution in [2.75, 3.05) is 12.9 Å². The van der Waals surface area contributed by atoms with Gasteiger partial charge in [0.25, 0.3) is 5.56 Å². The smallest absolute Gasteiger partial charge is 0.338 e. The van der Waals surface area contributed by atoms with Gasteiger partial charge in [0.2, 0.25) is 0 Å². The number of benzene rings is 2. The van der Waals surface area contributed by atoms with Crippen LogP contribution in [0.25, 0.3) is 11.1 Å². The van der Waals surface area contributed by atoms with Gasteiger partial charge in [-0.3, -0.25) is 4.79 Å². The Kier molecular flexibility index (Phi) is 6.72. The van der Waals surface area contributed by atoms with Gasteiger partial charge in [-0.05, 0) is 36.4 Å². The van der Waals surface area contributed by atoms with E-state index in [0.717, 1.165) is 11.1 Å². The maximum absolute atomic E-state index is 14.6. The van der Waals surface area contributed by atoms with Crippen LogP contribution < -0.4 is 5.56 Å². The fourth-order valence-corrected chi connectivity index (χ4v) is 4.14. The summed E-state index contributed by atoms with van der Waals surface area (Å²) in [5.41, 5.74) is 2.57. The fraction of sp³-hybridized carbons (Fsp3) is 0.292. The molecule has 3 aromatic rings. The molecule has 8 heteroatoms. The normalized spacial score (nSPS) is 20.3. The summed E-state index contributed by atoms with van der Waals surface area (Å²) in [4.78, 5) is 28.2. The van der Waals surface area contributed by atoms with Gasteiger partial charge in [-0.15, -0.1) is 0 Å². The predicted molar refractivity (Wildman–Crippen MR) is 121 cm³/mol. The van der Waals surface area contributed by atoms with Gasteiger partial charge in [-0.1, -0.05) is 54.2 Å². The van der Waals surface area contributed by atoms with E-state index in [1.807, 2.05) is 42.5 Å². The van der Waals surface area contributed by atoms with E-state index in [2.05, 4.69) is 4.98 Å². The molecular formula is C24H23FN2O4S. The number of halogens is 1. The summed E-state index contributed by atoms with van der Waals surface area (Å²) in [6.45, 7) is 1.46. The van der Waals surface area contributed by atoms with Crippen molar-refractivity contribution in [3.8, 4) is 11.1 Å². The van der Waals surface area contributed by atoms with E-state index in [0.29, 0.717) is 16.3 Å². The van der Waals surface area contributed by atoms with Crippen molar-refractivity contribution in [1.82, 2.24) is 9.55 Å². The Hall–Kier alpha value is -2.97. The highest BCUT2D eigenvalue weighted by atomic mass is 32.2. The van der Waals surface area contributed by atoms with E-state index >= 15 is 0 Å². The lowest BCUT2D eigenvalue weighted by molar-refractivity contribution is -0.0458. The molecule has 0 N–H and O–H groups in total. The summed E-state index contributed by atoms with van der Waals surface area (Å²) in [7, 11) is 0. The zero-order valence-corrected chi connectivity index (χ0v) is 18.5. The Bertz CT molecular complexity index is 1150. The molecule has 0 spiro atoms. The van der Waals surface area contributed by atoms with Crippen LogP contribution >= 0.6 is 11.8 Å². The molecule has 0 aliphatic carbocycles. The fourth-order valence-electron chi connectivity index (χ4n) is 3.59. The second kappa shape index (κ2) is 9.67. The van der Waals surface area contributed by atoms with E-state index in [9.17, 15) is 14.0 Å². The summed E-state index contributed by atoms with van der Waals surface area (Å²) < 4.78 is 27.4. The van der Waals surface area contributed by atoms with E-state index in [1.54, 1.807) is 36.1 Å². The average molecular weight is 455 g/mol. The molecule has 0 bridgehead atoms. The van der Waals surface area contributed by atoms with Gasteiger partial charge in [0, 0.05) is 18.2 Å². The Morgan fingerprint density at radius 3 is 2.56 bits per heavy atom. The number of aromatic nitrogens is 2. The molecule has 1 saturated heterocycles. The van der Waals surface area contributed by atoms with Gasteiger partial charge in [-0.25, -0.2) is 9.18 Å². The number of thioether (sulfide) groups is 1. The summed E-state index contributed by atoms with van der Waals surface area (Å²) in [5.74, 6) is -0.533. The van der Waals surface area contributed by atoms with Crippen molar-refractivity contribution in [1.29, 1.82) is 0 Å². The minimum Gasteiger partial charge on any atom is -0.459 e. The van der Waals surface area contributed by atoms with Gasteiger partial charge in [0.05, 0.1) is 5.56 Å². The van der Waals surface area contributed by atoms with Crippen molar-refractivity contribution in [2.45, 2.75) is 37.0 Å². The first-order chi connectivity index (χ1) is 15.5. The molecule has 3 atom stereocenters. The third kappa shape index (κ3) is 4.76. The van der Waals surface area contributed by atoms with Gasteiger partial charge in [-0.2, -0.15) is 4.98 Å². The Balaban J connectivity index is 1.39. The number of carbonyl (C=O) groups excluding carboxylic acids is 1. The monoisotopic (exact) mass is 454 g/mol. The topological polar surface area (TPSA) is 70.4 Å². The van der Waals surface area contributed by atoms with Crippen LogP contribution in [0, 0.1) is 6.92 Å². The molecule has 6 nitrogen and oxygen atoms in total. The third-order valence-electron chi connectivity index (χ3n) is 5.35. The van der Waals surface area contributed by atoms with Crippen LogP contribution in [0.4, 0.5) is 4.39 Å². The van der Waals surface area contributed by atoms with E-state index in [-0.39, 0.29) is 18.6 Å². The van der Waals surface area contributed by atoms with Crippen molar-refractivity contribution in [3.63, 3.8) is 0 Å². The second-order valence-corrected chi connectivity index (χ2v) is 8.32. The second-order valence-electron chi connectivity index (χ2n) is 7.55. The zero-order valence-electron chi connectivity index (χ0n) is 17.7. The van der Waals surface area contributed by atoms with Crippen LogP contribution in [-0.2, 0) is 9.47 Å². The number of rotatable bonds is 6. The number of ether oxygens (including phenoxy) is 2. The van der Waals surface area contributed by atoms with Gasteiger partial charge < -0.3 is 14.0 Å². The van der Waals surface area contributed by atoms with Crippen LogP contribution in [0.2, 0.25) is 0 Å².